The first-order chi connectivity index (χ1) is 20.4. The molecule has 1 heteroatoms. The summed E-state index contributed by atoms with van der Waals surface area (Å²) in [4.78, 5) is 0. The molecule has 0 fully saturated rings. The molecule has 0 amide bonds. The van der Waals surface area contributed by atoms with E-state index in [0.717, 1.165) is 28.9 Å². The smallest absolute Gasteiger partial charge is 0.0384 e. The number of rotatable bonds is 8. The maximum Gasteiger partial charge on any atom is 0.0384 e. The second kappa shape index (κ2) is 11.5. The summed E-state index contributed by atoms with van der Waals surface area (Å²) in [5, 5.41) is 6.00. The predicted molar refractivity (Wildman–Crippen MR) is 184 cm³/mol. The Balaban J connectivity index is 1.09. The molecule has 1 unspecified atom stereocenters. The molecule has 0 heterocycles. The first-order valence-corrected chi connectivity index (χ1v) is 14.7. The van der Waals surface area contributed by atoms with Gasteiger partial charge in [-0.15, -0.1) is 0 Å². The van der Waals surface area contributed by atoms with Crippen LogP contribution in [-0.2, 0) is 5.41 Å². The Morgan fingerprint density at radius 2 is 1.36 bits per heavy atom. The molecule has 42 heavy (non-hydrogen) atoms. The number of fused-ring (bicyclic) bond motifs is 2. The topological polar surface area (TPSA) is 12.0 Å². The third-order valence-corrected chi connectivity index (χ3v) is 8.69. The van der Waals surface area contributed by atoms with Gasteiger partial charge in [-0.1, -0.05) is 148 Å². The maximum absolute atomic E-state index is 4.48. The highest BCUT2D eigenvalue weighted by molar-refractivity contribution is 5.96. The predicted octanol–water partition coefficient (Wildman–Crippen LogP) is 11.4. The molecule has 0 aliphatic heterocycles. The highest BCUT2D eigenvalue weighted by atomic mass is 14.9. The van der Waals surface area contributed by atoms with Crippen molar-refractivity contribution in [1.29, 1.82) is 0 Å². The number of allylic oxidation sites excluding steroid dienone is 2. The first kappa shape index (κ1) is 27.3. The molecule has 0 aromatic heterocycles. The molecule has 0 bridgehead atoms. The van der Waals surface area contributed by atoms with E-state index in [1.165, 1.54) is 38.6 Å². The SMILES string of the molecule is C=Cc1ccc2ccccc2c1/C=C/c1ccc(Nc2ccc(/C=C/CC3C(=C)C(C)(C)c4ccccc43)cc2)cc1. The van der Waals surface area contributed by atoms with E-state index in [-0.39, 0.29) is 5.41 Å². The van der Waals surface area contributed by atoms with Crippen LogP contribution >= 0.6 is 0 Å². The van der Waals surface area contributed by atoms with Crippen molar-refractivity contribution in [3.8, 4) is 0 Å². The average Bonchev–Trinajstić information content (AvgIpc) is 3.21. The lowest BCUT2D eigenvalue weighted by atomic mass is 9.81. The van der Waals surface area contributed by atoms with Gasteiger partial charge in [0, 0.05) is 22.7 Å². The third-order valence-electron chi connectivity index (χ3n) is 8.69. The normalized spacial score (nSPS) is 15.9. The molecule has 206 valence electrons. The van der Waals surface area contributed by atoms with Crippen LogP contribution in [0.2, 0.25) is 0 Å². The van der Waals surface area contributed by atoms with Crippen LogP contribution in [0, 0.1) is 0 Å². The summed E-state index contributed by atoms with van der Waals surface area (Å²) in [6.45, 7) is 13.1. The van der Waals surface area contributed by atoms with Crippen molar-refractivity contribution in [3.63, 3.8) is 0 Å². The summed E-state index contributed by atoms with van der Waals surface area (Å²) in [7, 11) is 0. The molecule has 0 saturated heterocycles. The van der Waals surface area contributed by atoms with E-state index in [0.29, 0.717) is 5.92 Å². The van der Waals surface area contributed by atoms with Gasteiger partial charge in [0.05, 0.1) is 0 Å². The molecule has 1 atom stereocenters. The fourth-order valence-electron chi connectivity index (χ4n) is 6.15. The molecule has 1 N–H and O–H groups in total. The molecule has 0 spiro atoms. The first-order valence-electron chi connectivity index (χ1n) is 14.7. The lowest BCUT2D eigenvalue weighted by Crippen LogP contribution is -2.15. The van der Waals surface area contributed by atoms with Gasteiger partial charge < -0.3 is 5.32 Å². The van der Waals surface area contributed by atoms with Gasteiger partial charge >= 0.3 is 0 Å². The molecule has 1 aliphatic carbocycles. The number of nitrogens with one attached hydrogen (secondary N) is 1. The van der Waals surface area contributed by atoms with Gasteiger partial charge in [-0.3, -0.25) is 0 Å². The van der Waals surface area contributed by atoms with Crippen LogP contribution in [0.1, 0.15) is 59.6 Å². The summed E-state index contributed by atoms with van der Waals surface area (Å²) in [5.41, 5.74) is 11.0. The summed E-state index contributed by atoms with van der Waals surface area (Å²) in [5.74, 6) is 0.377. The van der Waals surface area contributed by atoms with Gasteiger partial charge in [0.2, 0.25) is 0 Å². The number of hydrogen-bond donors (Lipinski definition) is 1. The van der Waals surface area contributed by atoms with Gasteiger partial charge in [0.15, 0.2) is 0 Å². The molecular weight excluding hydrogens is 506 g/mol. The standard InChI is InChI=1S/C41H37N/c1-5-32-22-23-33-12-6-7-13-37(33)38(32)28-21-31-19-26-35(27-20-31)42-34-24-17-30(18-25-34)11-10-15-36-29(2)41(3,4)40-16-9-8-14-39(36)40/h5-14,16-28,36,42H,1-2,15H2,3-4H3/b11-10+,28-21+. The molecule has 6 rings (SSSR count). The lowest BCUT2D eigenvalue weighted by Gasteiger charge is -2.22. The zero-order valence-electron chi connectivity index (χ0n) is 24.5. The molecule has 5 aromatic carbocycles. The van der Waals surface area contributed by atoms with Crippen molar-refractivity contribution in [3.05, 3.63) is 167 Å². The van der Waals surface area contributed by atoms with Crippen molar-refractivity contribution >= 4 is 46.5 Å². The van der Waals surface area contributed by atoms with Crippen LogP contribution < -0.4 is 5.32 Å². The van der Waals surface area contributed by atoms with Crippen LogP contribution in [0.3, 0.4) is 0 Å². The Morgan fingerprint density at radius 1 is 0.714 bits per heavy atom. The van der Waals surface area contributed by atoms with Crippen molar-refractivity contribution < 1.29 is 0 Å². The van der Waals surface area contributed by atoms with E-state index in [4.69, 9.17) is 0 Å². The van der Waals surface area contributed by atoms with Crippen molar-refractivity contribution in [2.45, 2.75) is 31.6 Å². The molecule has 0 radical (unpaired) electrons. The molecule has 5 aromatic rings. The van der Waals surface area contributed by atoms with Crippen molar-refractivity contribution in [2.75, 3.05) is 5.32 Å². The van der Waals surface area contributed by atoms with Crippen LogP contribution in [-0.4, -0.2) is 0 Å². The van der Waals surface area contributed by atoms with Crippen LogP contribution in [0.4, 0.5) is 11.4 Å². The van der Waals surface area contributed by atoms with E-state index in [1.54, 1.807) is 0 Å². The highest BCUT2D eigenvalue weighted by Gasteiger charge is 2.39. The largest absolute Gasteiger partial charge is 0.356 e. The highest BCUT2D eigenvalue weighted by Crippen LogP contribution is 2.50. The second-order valence-corrected chi connectivity index (χ2v) is 11.6. The van der Waals surface area contributed by atoms with Crippen LogP contribution in [0.15, 0.2) is 134 Å². The Kier molecular flexibility index (Phi) is 7.50. The average molecular weight is 544 g/mol. The van der Waals surface area contributed by atoms with E-state index in [1.807, 2.05) is 6.08 Å². The Labute approximate surface area is 250 Å². The van der Waals surface area contributed by atoms with E-state index >= 15 is 0 Å². The van der Waals surface area contributed by atoms with Gasteiger partial charge in [-0.05, 0) is 74.8 Å². The molecule has 1 nitrogen and oxygen atoms in total. The number of hydrogen-bond acceptors (Lipinski definition) is 1. The summed E-state index contributed by atoms with van der Waals surface area (Å²) in [6.07, 6.45) is 11.8. The quantitative estimate of drug-likeness (QED) is 0.152. The maximum atomic E-state index is 4.48. The third kappa shape index (κ3) is 5.39. The van der Waals surface area contributed by atoms with Crippen molar-refractivity contribution in [2.24, 2.45) is 0 Å². The molecular formula is C41H37N. The monoisotopic (exact) mass is 543 g/mol. The number of anilines is 2. The summed E-state index contributed by atoms with van der Waals surface area (Å²) >= 11 is 0. The van der Waals surface area contributed by atoms with E-state index in [9.17, 15) is 0 Å². The zero-order valence-corrected chi connectivity index (χ0v) is 24.5. The van der Waals surface area contributed by atoms with Crippen LogP contribution in [0.25, 0.3) is 35.1 Å². The zero-order chi connectivity index (χ0) is 29.1. The Bertz CT molecular complexity index is 1810. The lowest BCUT2D eigenvalue weighted by molar-refractivity contribution is 0.619. The molecule has 0 saturated carbocycles. The fourth-order valence-corrected chi connectivity index (χ4v) is 6.15. The summed E-state index contributed by atoms with van der Waals surface area (Å²) < 4.78 is 0. The molecule has 1 aliphatic rings. The van der Waals surface area contributed by atoms with Gasteiger partial charge in [0.25, 0.3) is 0 Å². The second-order valence-electron chi connectivity index (χ2n) is 11.6. The van der Waals surface area contributed by atoms with Crippen LogP contribution in [0.5, 0.6) is 0 Å². The summed E-state index contributed by atoms with van der Waals surface area (Å²) in [6, 6.07) is 38.7. The van der Waals surface area contributed by atoms with E-state index < -0.39 is 0 Å². The Hall–Kier alpha value is -4.88. The van der Waals surface area contributed by atoms with Crippen molar-refractivity contribution in [1.82, 2.24) is 0 Å². The van der Waals surface area contributed by atoms with Gasteiger partial charge in [0.1, 0.15) is 0 Å². The Morgan fingerprint density at radius 3 is 2.07 bits per heavy atom. The minimum absolute atomic E-state index is 0.0305. The fraction of sp³-hybridized carbons (Fsp3) is 0.122. The van der Waals surface area contributed by atoms with Gasteiger partial charge in [-0.2, -0.15) is 0 Å². The van der Waals surface area contributed by atoms with Gasteiger partial charge in [-0.25, -0.2) is 0 Å². The minimum Gasteiger partial charge on any atom is -0.356 e. The number of benzene rings is 5. The minimum atomic E-state index is 0.0305. The van der Waals surface area contributed by atoms with E-state index in [2.05, 4.69) is 166 Å².